The van der Waals surface area contributed by atoms with Gasteiger partial charge in [-0.25, -0.2) is 4.98 Å². The van der Waals surface area contributed by atoms with Crippen LogP contribution in [0.25, 0.3) is 11.0 Å². The summed E-state index contributed by atoms with van der Waals surface area (Å²) in [4.78, 5) is 5.11. The summed E-state index contributed by atoms with van der Waals surface area (Å²) in [5.74, 6) is 3.41. The largest absolute Gasteiger partial charge is 0.496 e. The van der Waals surface area contributed by atoms with Crippen LogP contribution in [0.15, 0.2) is 36.4 Å². The van der Waals surface area contributed by atoms with E-state index in [1.54, 1.807) is 7.11 Å². The third kappa shape index (κ3) is 5.34. The van der Waals surface area contributed by atoms with Crippen LogP contribution < -0.4 is 14.8 Å². The third-order valence-electron chi connectivity index (χ3n) is 6.82. The molecule has 2 atom stereocenters. The fourth-order valence-electron chi connectivity index (χ4n) is 5.79. The van der Waals surface area contributed by atoms with E-state index in [1.165, 1.54) is 12.0 Å². The lowest BCUT2D eigenvalue weighted by Crippen LogP contribution is -2.29. The Morgan fingerprint density at radius 3 is 2.50 bits per heavy atom. The van der Waals surface area contributed by atoms with E-state index in [1.807, 2.05) is 26.0 Å². The molecule has 5 nitrogen and oxygen atoms in total. The Balaban J connectivity index is 1.78. The lowest BCUT2D eigenvalue weighted by molar-refractivity contribution is 0.140. The van der Waals surface area contributed by atoms with Crippen molar-refractivity contribution in [1.82, 2.24) is 9.55 Å². The van der Waals surface area contributed by atoms with Gasteiger partial charge in [-0.05, 0) is 86.8 Å². The van der Waals surface area contributed by atoms with E-state index in [0.29, 0.717) is 17.4 Å². The Kier molecular flexibility index (Phi) is 7.11. The molecule has 1 saturated carbocycles. The summed E-state index contributed by atoms with van der Waals surface area (Å²) in [6.45, 7) is 13.5. The number of anilines is 2. The fourth-order valence-corrected chi connectivity index (χ4v) is 5.79. The zero-order chi connectivity index (χ0) is 24.5. The van der Waals surface area contributed by atoms with Crippen molar-refractivity contribution in [2.24, 2.45) is 11.3 Å². The predicted molar refractivity (Wildman–Crippen MR) is 142 cm³/mol. The van der Waals surface area contributed by atoms with Crippen LogP contribution in [0, 0.1) is 11.3 Å². The van der Waals surface area contributed by atoms with E-state index in [9.17, 15) is 0 Å². The van der Waals surface area contributed by atoms with Crippen LogP contribution in [0.5, 0.6) is 11.5 Å². The standard InChI is InChI=1S/C29H41N3O2/c1-8-9-21-15-25-26(16-27(21)33-7)32(23-14-20(4)17-29(5,6)18-23)28(31-25)30-22-10-12-24(13-11-22)34-19(2)3/h10-13,15-16,19-20,23H,8-9,14,17-18H2,1-7H3,(H,30,31)/t20-,23+/m1/s1. The molecule has 1 aliphatic rings. The first-order valence-electron chi connectivity index (χ1n) is 12.8. The van der Waals surface area contributed by atoms with E-state index in [0.717, 1.165) is 59.9 Å². The van der Waals surface area contributed by atoms with Crippen LogP contribution in [-0.2, 0) is 6.42 Å². The number of rotatable bonds is 8. The molecular formula is C29H41N3O2. The summed E-state index contributed by atoms with van der Waals surface area (Å²) in [5, 5.41) is 3.63. The fraction of sp³-hybridized carbons (Fsp3) is 0.552. The average Bonchev–Trinajstić information content (AvgIpc) is 3.09. The van der Waals surface area contributed by atoms with Crippen molar-refractivity contribution >= 4 is 22.7 Å². The van der Waals surface area contributed by atoms with E-state index in [4.69, 9.17) is 14.5 Å². The van der Waals surface area contributed by atoms with Gasteiger partial charge in [0.1, 0.15) is 11.5 Å². The van der Waals surface area contributed by atoms with Gasteiger partial charge in [0.25, 0.3) is 0 Å². The van der Waals surface area contributed by atoms with Crippen LogP contribution in [0.3, 0.4) is 0 Å². The number of ether oxygens (including phenoxy) is 2. The molecule has 1 aliphatic carbocycles. The summed E-state index contributed by atoms with van der Waals surface area (Å²) in [6, 6.07) is 13.0. The number of hydrogen-bond acceptors (Lipinski definition) is 4. The molecule has 0 bridgehead atoms. The minimum absolute atomic E-state index is 0.159. The molecule has 3 aromatic rings. The normalized spacial score (nSPS) is 20.0. The molecular weight excluding hydrogens is 422 g/mol. The Labute approximate surface area is 204 Å². The molecule has 184 valence electrons. The minimum Gasteiger partial charge on any atom is -0.496 e. The van der Waals surface area contributed by atoms with E-state index >= 15 is 0 Å². The first-order valence-corrected chi connectivity index (χ1v) is 12.8. The summed E-state index contributed by atoms with van der Waals surface area (Å²) >= 11 is 0. The molecule has 0 amide bonds. The van der Waals surface area contributed by atoms with Gasteiger partial charge < -0.3 is 19.4 Å². The van der Waals surface area contributed by atoms with E-state index in [-0.39, 0.29) is 6.10 Å². The molecule has 0 aliphatic heterocycles. The Morgan fingerprint density at radius 2 is 1.88 bits per heavy atom. The Hall–Kier alpha value is -2.69. The number of fused-ring (bicyclic) bond motifs is 1. The van der Waals surface area contributed by atoms with Gasteiger partial charge in [0.05, 0.1) is 24.2 Å². The highest BCUT2D eigenvalue weighted by atomic mass is 16.5. The van der Waals surface area contributed by atoms with Gasteiger partial charge in [0.15, 0.2) is 0 Å². The van der Waals surface area contributed by atoms with Crippen LogP contribution >= 0.6 is 0 Å². The van der Waals surface area contributed by atoms with Crippen molar-refractivity contribution in [3.05, 3.63) is 42.0 Å². The number of aromatic nitrogens is 2. The molecule has 4 rings (SSSR count). The minimum atomic E-state index is 0.159. The zero-order valence-corrected chi connectivity index (χ0v) is 21.9. The van der Waals surface area contributed by atoms with Crippen molar-refractivity contribution in [2.45, 2.75) is 85.8 Å². The molecule has 1 N–H and O–H groups in total. The second-order valence-electron chi connectivity index (χ2n) is 11.1. The maximum absolute atomic E-state index is 5.82. The molecule has 1 fully saturated rings. The van der Waals surface area contributed by atoms with Gasteiger partial charge in [-0.2, -0.15) is 0 Å². The molecule has 5 heteroatoms. The number of methoxy groups -OCH3 is 1. The number of nitrogens with zero attached hydrogens (tertiary/aromatic N) is 2. The quantitative estimate of drug-likeness (QED) is 0.369. The highest BCUT2D eigenvalue weighted by molar-refractivity contribution is 5.83. The number of benzene rings is 2. The van der Waals surface area contributed by atoms with Crippen LogP contribution in [0.2, 0.25) is 0 Å². The average molecular weight is 464 g/mol. The van der Waals surface area contributed by atoms with Gasteiger partial charge in [0, 0.05) is 17.8 Å². The SMILES string of the molecule is CCCc1cc2nc(Nc3ccc(OC(C)C)cc3)n([C@H]3C[C@@H](C)CC(C)(C)C3)c2cc1OC. The number of aryl methyl sites for hydroxylation is 1. The highest BCUT2D eigenvalue weighted by Crippen LogP contribution is 2.46. The molecule has 0 radical (unpaired) electrons. The summed E-state index contributed by atoms with van der Waals surface area (Å²) < 4.78 is 14.1. The van der Waals surface area contributed by atoms with Gasteiger partial charge in [-0.15, -0.1) is 0 Å². The van der Waals surface area contributed by atoms with Gasteiger partial charge in [-0.3, -0.25) is 0 Å². The molecule has 0 spiro atoms. The molecule has 1 aromatic heterocycles. The number of hydrogen-bond donors (Lipinski definition) is 1. The summed E-state index contributed by atoms with van der Waals surface area (Å²) in [5.41, 5.74) is 4.72. The lowest BCUT2D eigenvalue weighted by atomic mass is 9.70. The molecule has 0 saturated heterocycles. The molecule has 2 aromatic carbocycles. The Bertz CT molecular complexity index is 1110. The zero-order valence-electron chi connectivity index (χ0n) is 21.9. The molecule has 1 heterocycles. The van der Waals surface area contributed by atoms with Crippen molar-refractivity contribution in [3.8, 4) is 11.5 Å². The second kappa shape index (κ2) is 9.89. The van der Waals surface area contributed by atoms with Crippen molar-refractivity contribution < 1.29 is 9.47 Å². The number of nitrogens with one attached hydrogen (secondary N) is 1. The van der Waals surface area contributed by atoms with Crippen LogP contribution in [0.1, 0.15) is 78.8 Å². The molecule has 34 heavy (non-hydrogen) atoms. The Morgan fingerprint density at radius 1 is 1.15 bits per heavy atom. The first kappa shape index (κ1) is 24.4. The smallest absolute Gasteiger partial charge is 0.208 e. The maximum Gasteiger partial charge on any atom is 0.208 e. The topological polar surface area (TPSA) is 48.3 Å². The summed E-state index contributed by atoms with van der Waals surface area (Å²) in [6.07, 6.45) is 5.78. The highest BCUT2D eigenvalue weighted by Gasteiger charge is 2.35. The van der Waals surface area contributed by atoms with Gasteiger partial charge >= 0.3 is 0 Å². The van der Waals surface area contributed by atoms with Gasteiger partial charge in [-0.1, -0.05) is 34.1 Å². The van der Waals surface area contributed by atoms with Crippen molar-refractivity contribution in [1.29, 1.82) is 0 Å². The van der Waals surface area contributed by atoms with Crippen LogP contribution in [0.4, 0.5) is 11.6 Å². The first-order chi connectivity index (χ1) is 16.2. The van der Waals surface area contributed by atoms with Gasteiger partial charge in [0.2, 0.25) is 5.95 Å². The predicted octanol–water partition coefficient (Wildman–Crippen LogP) is 7.92. The van der Waals surface area contributed by atoms with E-state index < -0.39 is 0 Å². The molecule has 0 unspecified atom stereocenters. The number of imidazole rings is 1. The van der Waals surface area contributed by atoms with E-state index in [2.05, 4.69) is 61.8 Å². The van der Waals surface area contributed by atoms with Crippen LogP contribution in [-0.4, -0.2) is 22.8 Å². The lowest BCUT2D eigenvalue weighted by Gasteiger charge is -2.40. The van der Waals surface area contributed by atoms with Crippen molar-refractivity contribution in [2.75, 3.05) is 12.4 Å². The van der Waals surface area contributed by atoms with Crippen molar-refractivity contribution in [3.63, 3.8) is 0 Å². The third-order valence-corrected chi connectivity index (χ3v) is 6.82. The monoisotopic (exact) mass is 463 g/mol. The summed E-state index contributed by atoms with van der Waals surface area (Å²) in [7, 11) is 1.77. The second-order valence-corrected chi connectivity index (χ2v) is 11.1. The maximum atomic E-state index is 5.82.